The molecule has 0 unspecified atom stereocenters. The Morgan fingerprint density at radius 1 is 1.22 bits per heavy atom. The van der Waals surface area contributed by atoms with Crippen LogP contribution in [0.1, 0.15) is 25.0 Å². The van der Waals surface area contributed by atoms with E-state index in [2.05, 4.69) is 42.2 Å². The molecule has 6 nitrogen and oxygen atoms in total. The van der Waals surface area contributed by atoms with E-state index in [0.717, 1.165) is 12.1 Å². The Labute approximate surface area is 136 Å². The molecule has 122 valence electrons. The molecule has 1 aromatic carbocycles. The monoisotopic (exact) mass is 314 g/mol. The fourth-order valence-electron chi connectivity index (χ4n) is 2.19. The Hall–Kier alpha value is -2.47. The molecule has 1 aromatic heterocycles. The van der Waals surface area contributed by atoms with E-state index in [1.165, 1.54) is 11.6 Å². The van der Waals surface area contributed by atoms with Crippen LogP contribution in [0.15, 0.2) is 42.6 Å². The lowest BCUT2D eigenvalue weighted by Gasteiger charge is -2.22. The summed E-state index contributed by atoms with van der Waals surface area (Å²) in [5, 5.41) is 14.1. The van der Waals surface area contributed by atoms with Gasteiger partial charge in [-0.15, -0.1) is 0 Å². The maximum Gasteiger partial charge on any atom is 0.311 e. The van der Waals surface area contributed by atoms with E-state index in [9.17, 15) is 10.1 Å². The predicted molar refractivity (Wildman–Crippen MR) is 91.3 cm³/mol. The van der Waals surface area contributed by atoms with Crippen molar-refractivity contribution in [1.29, 1.82) is 0 Å². The Bertz CT molecular complexity index is 673. The van der Waals surface area contributed by atoms with Crippen LogP contribution in [0, 0.1) is 10.1 Å². The van der Waals surface area contributed by atoms with Crippen molar-refractivity contribution in [3.05, 3.63) is 63.8 Å². The molecule has 0 amide bonds. The van der Waals surface area contributed by atoms with E-state index in [1.54, 1.807) is 12.3 Å². The van der Waals surface area contributed by atoms with Gasteiger partial charge in [-0.3, -0.25) is 15.0 Å². The quantitative estimate of drug-likeness (QED) is 0.626. The molecule has 0 bridgehead atoms. The summed E-state index contributed by atoms with van der Waals surface area (Å²) < 4.78 is 0. The molecule has 0 saturated carbocycles. The van der Waals surface area contributed by atoms with E-state index < -0.39 is 4.92 Å². The summed E-state index contributed by atoms with van der Waals surface area (Å²) in [6.07, 6.45) is 1.55. The summed E-state index contributed by atoms with van der Waals surface area (Å²) in [4.78, 5) is 16.9. The van der Waals surface area contributed by atoms with Crippen LogP contribution < -0.4 is 5.32 Å². The number of pyridine rings is 1. The number of aromatic nitrogens is 1. The van der Waals surface area contributed by atoms with E-state index >= 15 is 0 Å². The van der Waals surface area contributed by atoms with E-state index in [-0.39, 0.29) is 5.69 Å². The minimum atomic E-state index is -0.423. The average molecular weight is 314 g/mol. The van der Waals surface area contributed by atoms with Crippen LogP contribution in [-0.2, 0) is 13.1 Å². The molecule has 0 aliphatic heterocycles. The Balaban J connectivity index is 2.14. The highest BCUT2D eigenvalue weighted by molar-refractivity contribution is 5.55. The van der Waals surface area contributed by atoms with Crippen LogP contribution in [0.4, 0.5) is 11.5 Å². The van der Waals surface area contributed by atoms with Crippen molar-refractivity contribution < 1.29 is 4.92 Å². The normalized spacial score (nSPS) is 11.0. The summed E-state index contributed by atoms with van der Waals surface area (Å²) in [6.45, 7) is 5.63. The lowest BCUT2D eigenvalue weighted by Crippen LogP contribution is -2.26. The number of nitro groups is 1. The van der Waals surface area contributed by atoms with E-state index in [1.807, 2.05) is 18.2 Å². The second-order valence-corrected chi connectivity index (χ2v) is 5.76. The molecular weight excluding hydrogens is 292 g/mol. The molecule has 2 rings (SSSR count). The van der Waals surface area contributed by atoms with Crippen molar-refractivity contribution in [2.45, 2.75) is 33.0 Å². The molecule has 6 heteroatoms. The van der Waals surface area contributed by atoms with Gasteiger partial charge in [-0.1, -0.05) is 24.3 Å². The van der Waals surface area contributed by atoms with Gasteiger partial charge in [0.15, 0.2) is 0 Å². The zero-order valence-corrected chi connectivity index (χ0v) is 13.7. The first-order valence-electron chi connectivity index (χ1n) is 7.59. The highest BCUT2D eigenvalue weighted by Crippen LogP contribution is 2.22. The largest absolute Gasteiger partial charge is 0.360 e. The van der Waals surface area contributed by atoms with Crippen molar-refractivity contribution in [2.75, 3.05) is 12.4 Å². The molecule has 1 N–H and O–H groups in total. The summed E-state index contributed by atoms with van der Waals surface area (Å²) in [7, 11) is 2.08. The molecule has 0 radical (unpaired) electrons. The lowest BCUT2D eigenvalue weighted by atomic mass is 10.1. The molecule has 1 heterocycles. The molecular formula is C17H22N4O2. The number of hydrogen-bond acceptors (Lipinski definition) is 5. The second-order valence-electron chi connectivity index (χ2n) is 5.76. The Morgan fingerprint density at radius 3 is 2.57 bits per heavy atom. The molecule has 0 saturated heterocycles. The number of anilines is 1. The van der Waals surface area contributed by atoms with Gasteiger partial charge < -0.3 is 5.32 Å². The first-order valence-corrected chi connectivity index (χ1v) is 7.59. The fraction of sp³-hybridized carbons (Fsp3) is 0.353. The van der Waals surface area contributed by atoms with Crippen molar-refractivity contribution in [3.8, 4) is 0 Å². The van der Waals surface area contributed by atoms with Crippen molar-refractivity contribution in [2.24, 2.45) is 0 Å². The van der Waals surface area contributed by atoms with Crippen LogP contribution in [0.25, 0.3) is 0 Å². The van der Waals surface area contributed by atoms with Crippen LogP contribution in [0.2, 0.25) is 0 Å². The maximum absolute atomic E-state index is 11.0. The van der Waals surface area contributed by atoms with Crippen LogP contribution in [0.5, 0.6) is 0 Å². The van der Waals surface area contributed by atoms with Crippen molar-refractivity contribution in [3.63, 3.8) is 0 Å². The van der Waals surface area contributed by atoms with Gasteiger partial charge in [0.2, 0.25) is 5.82 Å². The maximum atomic E-state index is 11.0. The summed E-state index contributed by atoms with van der Waals surface area (Å²) >= 11 is 0. The average Bonchev–Trinajstić information content (AvgIpc) is 2.54. The molecule has 0 atom stereocenters. The third kappa shape index (κ3) is 4.50. The van der Waals surface area contributed by atoms with Gasteiger partial charge in [0.05, 0.1) is 4.92 Å². The van der Waals surface area contributed by atoms with Gasteiger partial charge in [0.25, 0.3) is 0 Å². The Kier molecular flexibility index (Phi) is 5.65. The van der Waals surface area contributed by atoms with Crippen LogP contribution >= 0.6 is 0 Å². The highest BCUT2D eigenvalue weighted by atomic mass is 16.6. The minimum absolute atomic E-state index is 0.00993. The first kappa shape index (κ1) is 16.9. The highest BCUT2D eigenvalue weighted by Gasteiger charge is 2.14. The van der Waals surface area contributed by atoms with Crippen molar-refractivity contribution >= 4 is 11.5 Å². The zero-order chi connectivity index (χ0) is 16.8. The number of rotatable bonds is 7. The van der Waals surface area contributed by atoms with Gasteiger partial charge in [0, 0.05) is 31.4 Å². The van der Waals surface area contributed by atoms with E-state index in [0.29, 0.717) is 18.4 Å². The third-order valence-corrected chi connectivity index (χ3v) is 3.85. The standard InChI is InChI=1S/C17H22N4O2/c1-13(2)20(3)12-15-8-5-4-7-14(15)11-19-17-16(21(22)23)9-6-10-18-17/h4-10,13H,11-12H2,1-3H3,(H,18,19). The topological polar surface area (TPSA) is 71.3 Å². The number of nitrogens with zero attached hydrogens (tertiary/aromatic N) is 3. The lowest BCUT2D eigenvalue weighted by molar-refractivity contribution is -0.384. The third-order valence-electron chi connectivity index (χ3n) is 3.85. The van der Waals surface area contributed by atoms with Crippen LogP contribution in [-0.4, -0.2) is 27.9 Å². The Morgan fingerprint density at radius 2 is 1.91 bits per heavy atom. The number of hydrogen-bond donors (Lipinski definition) is 1. The van der Waals surface area contributed by atoms with Gasteiger partial charge in [0.1, 0.15) is 0 Å². The first-order chi connectivity index (χ1) is 11.0. The molecule has 0 spiro atoms. The zero-order valence-electron chi connectivity index (χ0n) is 13.7. The SMILES string of the molecule is CC(C)N(C)Cc1ccccc1CNc1ncccc1[N+](=O)[O-]. The van der Waals surface area contributed by atoms with E-state index in [4.69, 9.17) is 0 Å². The summed E-state index contributed by atoms with van der Waals surface area (Å²) in [5.74, 6) is 0.296. The second kappa shape index (κ2) is 7.69. The van der Waals surface area contributed by atoms with Gasteiger partial charge in [-0.25, -0.2) is 4.98 Å². The number of nitrogens with one attached hydrogen (secondary N) is 1. The molecule has 0 fully saturated rings. The smallest absolute Gasteiger partial charge is 0.311 e. The van der Waals surface area contributed by atoms with Crippen molar-refractivity contribution in [1.82, 2.24) is 9.88 Å². The predicted octanol–water partition coefficient (Wildman–Crippen LogP) is 3.44. The molecule has 0 aliphatic carbocycles. The summed E-state index contributed by atoms with van der Waals surface area (Å²) in [6, 6.07) is 11.6. The van der Waals surface area contributed by atoms with Gasteiger partial charge >= 0.3 is 5.69 Å². The van der Waals surface area contributed by atoms with Crippen LogP contribution in [0.3, 0.4) is 0 Å². The molecule has 2 aromatic rings. The minimum Gasteiger partial charge on any atom is -0.360 e. The summed E-state index contributed by atoms with van der Waals surface area (Å²) in [5.41, 5.74) is 2.30. The molecule has 0 aliphatic rings. The fourth-order valence-corrected chi connectivity index (χ4v) is 2.19. The number of benzene rings is 1. The van der Waals surface area contributed by atoms with Gasteiger partial charge in [-0.2, -0.15) is 0 Å². The van der Waals surface area contributed by atoms with Gasteiger partial charge in [-0.05, 0) is 38.1 Å². The molecule has 23 heavy (non-hydrogen) atoms.